The summed E-state index contributed by atoms with van der Waals surface area (Å²) in [5.41, 5.74) is 1.33. The molecule has 7 nitrogen and oxygen atoms in total. The fraction of sp³-hybridized carbons (Fsp3) is 0.360. The third-order valence-corrected chi connectivity index (χ3v) is 6.83. The smallest absolute Gasteiger partial charge is 0.339 e. The van der Waals surface area contributed by atoms with Crippen molar-refractivity contribution in [2.75, 3.05) is 23.8 Å². The average Bonchev–Trinajstić information content (AvgIpc) is 3.25. The summed E-state index contributed by atoms with van der Waals surface area (Å²) in [5.74, 6) is -1.17. The zero-order chi connectivity index (χ0) is 24.0. The number of nitrogens with zero attached hydrogens (tertiary/aromatic N) is 2. The summed E-state index contributed by atoms with van der Waals surface area (Å²) in [6.07, 6.45) is 0.833. The van der Waals surface area contributed by atoms with Gasteiger partial charge in [0.1, 0.15) is 5.54 Å². The van der Waals surface area contributed by atoms with Gasteiger partial charge < -0.3 is 15.0 Å². The molecule has 2 amide bonds. The van der Waals surface area contributed by atoms with Crippen LogP contribution in [0.3, 0.4) is 0 Å². The Bertz CT molecular complexity index is 1100. The van der Waals surface area contributed by atoms with Crippen LogP contribution in [0.15, 0.2) is 53.4 Å². The van der Waals surface area contributed by atoms with E-state index in [4.69, 9.17) is 4.74 Å². The molecule has 1 aliphatic rings. The van der Waals surface area contributed by atoms with Gasteiger partial charge in [-0.1, -0.05) is 44.2 Å². The van der Waals surface area contributed by atoms with Crippen LogP contribution in [-0.4, -0.2) is 42.2 Å². The van der Waals surface area contributed by atoms with Crippen LogP contribution < -0.4 is 10.2 Å². The molecular weight excluding hydrogens is 438 g/mol. The number of ether oxygens (including phenoxy) is 1. The lowest BCUT2D eigenvalue weighted by Gasteiger charge is -2.27. The van der Waals surface area contributed by atoms with E-state index in [0.29, 0.717) is 11.4 Å². The third-order valence-electron chi connectivity index (χ3n) is 5.77. The van der Waals surface area contributed by atoms with Gasteiger partial charge in [-0.3, -0.25) is 9.59 Å². The van der Waals surface area contributed by atoms with E-state index in [1.54, 1.807) is 36.1 Å². The largest absolute Gasteiger partial charge is 0.452 e. The zero-order valence-electron chi connectivity index (χ0n) is 19.0. The maximum Gasteiger partial charge on any atom is 0.339 e. The van der Waals surface area contributed by atoms with E-state index in [1.807, 2.05) is 38.1 Å². The molecule has 0 radical (unpaired) electrons. The van der Waals surface area contributed by atoms with Gasteiger partial charge in [0.05, 0.1) is 17.4 Å². The summed E-state index contributed by atoms with van der Waals surface area (Å²) >= 11 is 1.26. The molecule has 1 N–H and O–H groups in total. The number of nitrogens with one attached hydrogen (secondary N) is 1. The second-order valence-corrected chi connectivity index (χ2v) is 9.32. The molecule has 0 aromatic heterocycles. The van der Waals surface area contributed by atoms with Crippen LogP contribution in [0.2, 0.25) is 0 Å². The molecule has 0 fully saturated rings. The Balaban J connectivity index is 1.59. The summed E-state index contributed by atoms with van der Waals surface area (Å²) in [5, 5.41) is 11.9. The van der Waals surface area contributed by atoms with Crippen molar-refractivity contribution in [3.8, 4) is 6.07 Å². The number of hydrogen-bond acceptors (Lipinski definition) is 6. The molecular formula is C25H27N3O4S. The first-order chi connectivity index (χ1) is 15.7. The Kier molecular flexibility index (Phi) is 7.77. The van der Waals surface area contributed by atoms with Crippen molar-refractivity contribution in [1.82, 2.24) is 5.32 Å². The predicted molar refractivity (Wildman–Crippen MR) is 127 cm³/mol. The van der Waals surface area contributed by atoms with Gasteiger partial charge >= 0.3 is 5.97 Å². The quantitative estimate of drug-likeness (QED) is 0.473. The molecule has 0 saturated heterocycles. The first-order valence-corrected chi connectivity index (χ1v) is 11.7. The van der Waals surface area contributed by atoms with Crippen molar-refractivity contribution in [2.45, 2.75) is 37.6 Å². The van der Waals surface area contributed by atoms with Gasteiger partial charge in [0.15, 0.2) is 6.61 Å². The normalized spacial score (nSPS) is 14.2. The Morgan fingerprint density at radius 2 is 1.88 bits per heavy atom. The topological polar surface area (TPSA) is 99.5 Å². The van der Waals surface area contributed by atoms with E-state index in [1.165, 1.54) is 11.8 Å². The molecule has 3 rings (SSSR count). The molecule has 2 aromatic rings. The maximum absolute atomic E-state index is 12.8. The van der Waals surface area contributed by atoms with Crippen molar-refractivity contribution in [1.29, 1.82) is 5.26 Å². The van der Waals surface area contributed by atoms with Gasteiger partial charge in [-0.15, -0.1) is 11.8 Å². The third kappa shape index (κ3) is 5.74. The lowest BCUT2D eigenvalue weighted by atomic mass is 9.90. The molecule has 33 heavy (non-hydrogen) atoms. The minimum absolute atomic E-state index is 0.0306. The Labute approximate surface area is 198 Å². The number of rotatable bonds is 8. The molecule has 1 heterocycles. The number of thioether (sulfide) groups is 1. The van der Waals surface area contributed by atoms with Crippen LogP contribution in [0, 0.1) is 17.2 Å². The number of fused-ring (bicyclic) bond motifs is 1. The van der Waals surface area contributed by atoms with E-state index in [-0.39, 0.29) is 23.1 Å². The lowest BCUT2D eigenvalue weighted by Crippen LogP contribution is -2.50. The monoisotopic (exact) mass is 465 g/mol. The second kappa shape index (κ2) is 10.5. The van der Waals surface area contributed by atoms with Gasteiger partial charge in [-0.25, -0.2) is 4.79 Å². The Morgan fingerprint density at radius 1 is 1.18 bits per heavy atom. The number of benzene rings is 2. The lowest BCUT2D eigenvalue weighted by molar-refractivity contribution is -0.125. The second-order valence-electron chi connectivity index (χ2n) is 8.30. The van der Waals surface area contributed by atoms with Crippen molar-refractivity contribution in [3.63, 3.8) is 0 Å². The Hall–Kier alpha value is -3.31. The van der Waals surface area contributed by atoms with Gasteiger partial charge in [0, 0.05) is 17.1 Å². The van der Waals surface area contributed by atoms with Crippen molar-refractivity contribution >= 4 is 35.2 Å². The van der Waals surface area contributed by atoms with Gasteiger partial charge in [-0.2, -0.15) is 5.26 Å². The van der Waals surface area contributed by atoms with Crippen LogP contribution in [-0.2, 0) is 20.7 Å². The SMILES string of the molecule is CC(C)[C@@](C)(C#N)NC(=O)COC(=O)c1ccccc1SCC(=O)N1CCc2ccccc21. The average molecular weight is 466 g/mol. The highest BCUT2D eigenvalue weighted by Crippen LogP contribution is 2.30. The number of nitriles is 1. The summed E-state index contributed by atoms with van der Waals surface area (Å²) in [6.45, 7) is 5.43. The fourth-order valence-electron chi connectivity index (χ4n) is 3.41. The first-order valence-electron chi connectivity index (χ1n) is 10.7. The highest BCUT2D eigenvalue weighted by molar-refractivity contribution is 8.00. The van der Waals surface area contributed by atoms with Crippen LogP contribution in [0.25, 0.3) is 0 Å². The van der Waals surface area contributed by atoms with Crippen LogP contribution in [0.4, 0.5) is 5.69 Å². The standard InChI is InChI=1S/C25H27N3O4S/c1-17(2)25(3,16-26)27-22(29)14-32-24(31)19-9-5-7-11-21(19)33-15-23(30)28-13-12-18-8-4-6-10-20(18)28/h4-11,17H,12-15H2,1-3H3,(H,27,29)/t25-/m1/s1. The van der Waals surface area contributed by atoms with Crippen molar-refractivity contribution in [2.24, 2.45) is 5.92 Å². The Morgan fingerprint density at radius 3 is 2.61 bits per heavy atom. The maximum atomic E-state index is 12.8. The number of para-hydroxylation sites is 1. The predicted octanol–water partition coefficient (Wildman–Crippen LogP) is 3.58. The van der Waals surface area contributed by atoms with Crippen molar-refractivity contribution < 1.29 is 19.1 Å². The number of hydrogen-bond donors (Lipinski definition) is 1. The summed E-state index contributed by atoms with van der Waals surface area (Å²) < 4.78 is 5.18. The summed E-state index contributed by atoms with van der Waals surface area (Å²) in [4.78, 5) is 40.0. The van der Waals surface area contributed by atoms with E-state index in [0.717, 1.165) is 17.7 Å². The molecule has 0 aliphatic carbocycles. The minimum Gasteiger partial charge on any atom is -0.452 e. The molecule has 0 spiro atoms. The van der Waals surface area contributed by atoms with E-state index in [9.17, 15) is 19.6 Å². The molecule has 0 saturated carbocycles. The fourth-order valence-corrected chi connectivity index (χ4v) is 4.33. The van der Waals surface area contributed by atoms with E-state index in [2.05, 4.69) is 11.4 Å². The van der Waals surface area contributed by atoms with Crippen molar-refractivity contribution in [3.05, 3.63) is 59.7 Å². The molecule has 0 bridgehead atoms. The van der Waals surface area contributed by atoms with Gasteiger partial charge in [-0.05, 0) is 43.0 Å². The first kappa shape index (κ1) is 24.3. The molecule has 1 aliphatic heterocycles. The molecule has 2 aromatic carbocycles. The summed E-state index contributed by atoms with van der Waals surface area (Å²) in [7, 11) is 0. The van der Waals surface area contributed by atoms with Crippen LogP contribution in [0.5, 0.6) is 0 Å². The minimum atomic E-state index is -1.05. The zero-order valence-corrected chi connectivity index (χ0v) is 19.8. The molecule has 0 unspecified atom stereocenters. The highest BCUT2D eigenvalue weighted by Gasteiger charge is 2.30. The summed E-state index contributed by atoms with van der Waals surface area (Å²) in [6, 6.07) is 16.8. The van der Waals surface area contributed by atoms with Gasteiger partial charge in [0.25, 0.3) is 5.91 Å². The number of esters is 1. The van der Waals surface area contributed by atoms with Crippen LogP contribution in [0.1, 0.15) is 36.7 Å². The number of amides is 2. The number of carbonyl (C=O) groups is 3. The molecule has 8 heteroatoms. The van der Waals surface area contributed by atoms with E-state index < -0.39 is 24.0 Å². The number of anilines is 1. The number of carbonyl (C=O) groups excluding carboxylic acids is 3. The molecule has 172 valence electrons. The van der Waals surface area contributed by atoms with Crippen LogP contribution >= 0.6 is 11.8 Å². The highest BCUT2D eigenvalue weighted by atomic mass is 32.2. The van der Waals surface area contributed by atoms with Gasteiger partial charge in [0.2, 0.25) is 5.91 Å². The van der Waals surface area contributed by atoms with E-state index >= 15 is 0 Å². The molecule has 1 atom stereocenters.